The zero-order valence-electron chi connectivity index (χ0n) is 11.5. The van der Waals surface area contributed by atoms with Crippen LogP contribution in [-0.4, -0.2) is 17.9 Å². The third-order valence-corrected chi connectivity index (χ3v) is 3.79. The van der Waals surface area contributed by atoms with Crippen molar-refractivity contribution in [2.45, 2.75) is 13.0 Å². The molecule has 6 heteroatoms. The Balaban J connectivity index is 2.14. The molecule has 0 amide bonds. The van der Waals surface area contributed by atoms with Crippen LogP contribution >= 0.6 is 27.5 Å². The van der Waals surface area contributed by atoms with Crippen molar-refractivity contribution < 1.29 is 18.7 Å². The van der Waals surface area contributed by atoms with E-state index in [0.717, 1.165) is 10.5 Å². The number of ether oxygens (including phenoxy) is 1. The number of halogens is 3. The lowest BCUT2D eigenvalue weighted by atomic mass is 10.1. The van der Waals surface area contributed by atoms with Gasteiger partial charge in [-0.15, -0.1) is 0 Å². The molecule has 114 valence electrons. The van der Waals surface area contributed by atoms with Crippen LogP contribution < -0.4 is 0 Å². The van der Waals surface area contributed by atoms with Gasteiger partial charge < -0.3 is 4.74 Å². The van der Waals surface area contributed by atoms with E-state index in [0.29, 0.717) is 5.56 Å². The van der Waals surface area contributed by atoms with Crippen molar-refractivity contribution in [3.63, 3.8) is 0 Å². The topological polar surface area (TPSA) is 43.4 Å². The molecule has 0 bridgehead atoms. The van der Waals surface area contributed by atoms with Gasteiger partial charge in [-0.2, -0.15) is 0 Å². The van der Waals surface area contributed by atoms with Crippen molar-refractivity contribution in [3.05, 3.63) is 68.9 Å². The Bertz CT molecular complexity index is 696. The first kappa shape index (κ1) is 16.6. The van der Waals surface area contributed by atoms with E-state index in [1.54, 1.807) is 24.3 Å². The van der Waals surface area contributed by atoms with E-state index in [1.165, 1.54) is 19.1 Å². The second-order valence-electron chi connectivity index (χ2n) is 4.52. The van der Waals surface area contributed by atoms with E-state index in [-0.39, 0.29) is 16.4 Å². The van der Waals surface area contributed by atoms with Crippen molar-refractivity contribution >= 4 is 39.3 Å². The molecule has 3 nitrogen and oxygen atoms in total. The van der Waals surface area contributed by atoms with Crippen LogP contribution in [0.25, 0.3) is 0 Å². The number of hydrogen-bond donors (Lipinski definition) is 0. The predicted octanol–water partition coefficient (Wildman–Crippen LogP) is 4.67. The third-order valence-electron chi connectivity index (χ3n) is 2.95. The van der Waals surface area contributed by atoms with E-state index in [4.69, 9.17) is 16.3 Å². The van der Waals surface area contributed by atoms with Gasteiger partial charge in [0.05, 0.1) is 5.02 Å². The quantitative estimate of drug-likeness (QED) is 0.567. The molecule has 0 spiro atoms. The predicted molar refractivity (Wildman–Crippen MR) is 84.8 cm³/mol. The average molecular weight is 386 g/mol. The van der Waals surface area contributed by atoms with Crippen molar-refractivity contribution in [3.8, 4) is 0 Å². The Morgan fingerprint density at radius 3 is 2.41 bits per heavy atom. The van der Waals surface area contributed by atoms with Crippen LogP contribution in [0.3, 0.4) is 0 Å². The van der Waals surface area contributed by atoms with Crippen LogP contribution in [0, 0.1) is 5.82 Å². The van der Waals surface area contributed by atoms with E-state index in [9.17, 15) is 14.0 Å². The van der Waals surface area contributed by atoms with Gasteiger partial charge in [0, 0.05) is 10.0 Å². The zero-order valence-corrected chi connectivity index (χ0v) is 13.8. The van der Waals surface area contributed by atoms with Crippen molar-refractivity contribution in [2.75, 3.05) is 0 Å². The summed E-state index contributed by atoms with van der Waals surface area (Å²) >= 11 is 9.06. The molecule has 0 aliphatic rings. The van der Waals surface area contributed by atoms with Crippen molar-refractivity contribution in [1.82, 2.24) is 0 Å². The Morgan fingerprint density at radius 2 is 1.82 bits per heavy atom. The van der Waals surface area contributed by atoms with Crippen LogP contribution in [-0.2, 0) is 4.74 Å². The number of esters is 1. The highest BCUT2D eigenvalue weighted by atomic mass is 79.9. The van der Waals surface area contributed by atoms with Crippen LogP contribution in [0.5, 0.6) is 0 Å². The lowest BCUT2D eigenvalue weighted by Crippen LogP contribution is -2.25. The van der Waals surface area contributed by atoms with Crippen LogP contribution in [0.4, 0.5) is 4.39 Å². The third kappa shape index (κ3) is 3.72. The van der Waals surface area contributed by atoms with Gasteiger partial charge >= 0.3 is 5.97 Å². The summed E-state index contributed by atoms with van der Waals surface area (Å²) in [4.78, 5) is 24.2. The largest absolute Gasteiger partial charge is 0.451 e. The Morgan fingerprint density at radius 1 is 1.18 bits per heavy atom. The minimum absolute atomic E-state index is 0.0618. The fourth-order valence-electron chi connectivity index (χ4n) is 1.81. The molecule has 2 aromatic carbocycles. The molecule has 0 aromatic heterocycles. The first-order valence-electron chi connectivity index (χ1n) is 6.35. The van der Waals surface area contributed by atoms with Gasteiger partial charge in [0.25, 0.3) is 0 Å². The SMILES string of the molecule is C[C@@H](OC(=O)c1c(F)cccc1Cl)C(=O)c1ccc(Br)cc1. The number of carbonyl (C=O) groups excluding carboxylic acids is 2. The maximum atomic E-state index is 13.6. The molecule has 0 radical (unpaired) electrons. The van der Waals surface area contributed by atoms with Gasteiger partial charge in [-0.1, -0.05) is 45.7 Å². The normalized spacial score (nSPS) is 11.8. The Kier molecular flexibility index (Phi) is 5.32. The first-order valence-corrected chi connectivity index (χ1v) is 7.52. The lowest BCUT2D eigenvalue weighted by molar-refractivity contribution is 0.0314. The van der Waals surface area contributed by atoms with Gasteiger partial charge in [-0.3, -0.25) is 4.79 Å². The summed E-state index contributed by atoms with van der Waals surface area (Å²) in [6, 6.07) is 10.5. The molecule has 0 saturated carbocycles. The smallest absolute Gasteiger partial charge is 0.343 e. The fourth-order valence-corrected chi connectivity index (χ4v) is 2.32. The van der Waals surface area contributed by atoms with Crippen LogP contribution in [0.15, 0.2) is 46.9 Å². The van der Waals surface area contributed by atoms with Crippen LogP contribution in [0.1, 0.15) is 27.6 Å². The van der Waals surface area contributed by atoms with Crippen LogP contribution in [0.2, 0.25) is 5.02 Å². The molecule has 0 heterocycles. The summed E-state index contributed by atoms with van der Waals surface area (Å²) in [5.74, 6) is -2.14. The van der Waals surface area contributed by atoms with E-state index in [1.807, 2.05) is 0 Å². The van der Waals surface area contributed by atoms with Crippen molar-refractivity contribution in [1.29, 1.82) is 0 Å². The molecule has 0 N–H and O–H groups in total. The minimum atomic E-state index is -1.05. The van der Waals surface area contributed by atoms with E-state index in [2.05, 4.69) is 15.9 Å². The first-order chi connectivity index (χ1) is 10.4. The number of carbonyl (C=O) groups is 2. The monoisotopic (exact) mass is 384 g/mol. The zero-order chi connectivity index (χ0) is 16.3. The summed E-state index contributed by atoms with van der Waals surface area (Å²) in [7, 11) is 0. The average Bonchev–Trinajstić information content (AvgIpc) is 2.47. The maximum Gasteiger partial charge on any atom is 0.343 e. The van der Waals surface area contributed by atoms with Gasteiger partial charge in [0.2, 0.25) is 5.78 Å². The molecule has 1 atom stereocenters. The molecule has 0 aliphatic carbocycles. The molecule has 0 fully saturated rings. The van der Waals surface area contributed by atoms with Gasteiger partial charge in [0.1, 0.15) is 11.4 Å². The molecule has 22 heavy (non-hydrogen) atoms. The minimum Gasteiger partial charge on any atom is -0.451 e. The number of Topliss-reactive ketones (excluding diaryl/α,β-unsaturated/α-hetero) is 1. The summed E-state index contributed by atoms with van der Waals surface area (Å²) in [5.41, 5.74) is 0.0164. The highest BCUT2D eigenvalue weighted by Gasteiger charge is 2.23. The number of benzene rings is 2. The van der Waals surface area contributed by atoms with Gasteiger partial charge in [0.15, 0.2) is 6.10 Å². The van der Waals surface area contributed by atoms with Gasteiger partial charge in [-0.25, -0.2) is 9.18 Å². The van der Waals surface area contributed by atoms with Gasteiger partial charge in [-0.05, 0) is 31.2 Å². The highest BCUT2D eigenvalue weighted by Crippen LogP contribution is 2.21. The molecular formula is C16H11BrClFO3. The molecular weight excluding hydrogens is 375 g/mol. The fraction of sp³-hybridized carbons (Fsp3) is 0.125. The molecule has 0 aliphatic heterocycles. The van der Waals surface area contributed by atoms with Crippen molar-refractivity contribution in [2.24, 2.45) is 0 Å². The molecule has 2 rings (SSSR count). The van der Waals surface area contributed by atoms with E-state index >= 15 is 0 Å². The molecule has 0 saturated heterocycles. The lowest BCUT2D eigenvalue weighted by Gasteiger charge is -2.13. The standard InChI is InChI=1S/C16H11BrClFO3/c1-9(15(20)10-5-7-11(17)8-6-10)22-16(21)14-12(18)3-2-4-13(14)19/h2-9H,1H3/t9-/m1/s1. The maximum absolute atomic E-state index is 13.6. The van der Waals surface area contributed by atoms with E-state index < -0.39 is 17.9 Å². The second kappa shape index (κ2) is 7.03. The summed E-state index contributed by atoms with van der Waals surface area (Å²) in [6.07, 6.45) is -1.05. The number of ketones is 1. The summed E-state index contributed by atoms with van der Waals surface area (Å²) in [5, 5.41) is -0.0618. The molecule has 0 unspecified atom stereocenters. The summed E-state index contributed by atoms with van der Waals surface area (Å²) in [6.45, 7) is 1.43. The number of hydrogen-bond acceptors (Lipinski definition) is 3. The summed E-state index contributed by atoms with van der Waals surface area (Å²) < 4.78 is 19.5. The number of rotatable bonds is 4. The Hall–Kier alpha value is -1.72. The second-order valence-corrected chi connectivity index (χ2v) is 5.84. The molecule has 2 aromatic rings. The Labute approximate surface area is 140 Å². The highest BCUT2D eigenvalue weighted by molar-refractivity contribution is 9.10.